The van der Waals surface area contributed by atoms with Crippen LogP contribution in [0.3, 0.4) is 0 Å². The molecule has 45 heavy (non-hydrogen) atoms. The summed E-state index contributed by atoms with van der Waals surface area (Å²) in [5.41, 5.74) is 7.23. The van der Waals surface area contributed by atoms with Gasteiger partial charge in [0.15, 0.2) is 0 Å². The summed E-state index contributed by atoms with van der Waals surface area (Å²) in [4.78, 5) is 54.4. The van der Waals surface area contributed by atoms with Crippen LogP contribution in [0, 0.1) is 5.92 Å². The molecule has 1 unspecified atom stereocenters. The first-order chi connectivity index (χ1) is 21.6. The minimum atomic E-state index is -1.22. The molecule has 1 fully saturated rings. The molecule has 2 aromatic rings. The maximum absolute atomic E-state index is 14.0. The van der Waals surface area contributed by atoms with Gasteiger partial charge in [-0.1, -0.05) is 62.4 Å². The van der Waals surface area contributed by atoms with Gasteiger partial charge in [-0.3, -0.25) is 24.5 Å². The predicted molar refractivity (Wildman–Crippen MR) is 175 cm³/mol. The molecule has 1 aliphatic heterocycles. The van der Waals surface area contributed by atoms with Crippen LogP contribution >= 0.6 is 0 Å². The van der Waals surface area contributed by atoms with Crippen LogP contribution in [0.5, 0.6) is 0 Å². The van der Waals surface area contributed by atoms with E-state index in [9.17, 15) is 24.3 Å². The Hall–Kier alpha value is -3.80. The Morgan fingerprint density at radius 3 is 2.24 bits per heavy atom. The van der Waals surface area contributed by atoms with Gasteiger partial charge in [-0.25, -0.2) is 0 Å². The highest BCUT2D eigenvalue weighted by molar-refractivity contribution is 5.98. The van der Waals surface area contributed by atoms with E-state index in [2.05, 4.69) is 21.3 Å². The summed E-state index contributed by atoms with van der Waals surface area (Å²) in [6.07, 6.45) is 2.46. The van der Waals surface area contributed by atoms with Crippen molar-refractivity contribution in [1.29, 1.82) is 0 Å². The number of aliphatic hydroxyl groups is 1. The molecule has 2 aromatic carbocycles. The van der Waals surface area contributed by atoms with Crippen LogP contribution in [-0.2, 0) is 25.6 Å². The highest BCUT2D eigenvalue weighted by atomic mass is 16.3. The Kier molecular flexibility index (Phi) is 14.5. The summed E-state index contributed by atoms with van der Waals surface area (Å²) in [6.45, 7) is 6.22. The number of hydrogen-bond acceptors (Lipinski definition) is 7. The van der Waals surface area contributed by atoms with Gasteiger partial charge in [0.05, 0.1) is 12.1 Å². The number of nitrogens with one attached hydrogen (secondary N) is 4. The SMILES string of the molecule is CC(=O)N[C@@H](Cc1ccccc1)C(O)N[C@@H](CC(C)C)C(=O)N1CCC[C@H]1C(=O)N[C@@H](CCCCN)C(=O)Nc1ccccc1. The second-order valence-electron chi connectivity index (χ2n) is 12.2. The van der Waals surface area contributed by atoms with Gasteiger partial charge < -0.3 is 31.7 Å². The van der Waals surface area contributed by atoms with E-state index >= 15 is 0 Å². The number of anilines is 1. The molecule has 0 aliphatic carbocycles. The van der Waals surface area contributed by atoms with Crippen LogP contribution < -0.4 is 27.0 Å². The number of nitrogens with zero attached hydrogens (tertiary/aromatic N) is 1. The normalized spacial score (nSPS) is 17.3. The summed E-state index contributed by atoms with van der Waals surface area (Å²) in [5.74, 6) is -1.19. The molecule has 0 bridgehead atoms. The van der Waals surface area contributed by atoms with Crippen LogP contribution in [0.15, 0.2) is 60.7 Å². The van der Waals surface area contributed by atoms with Crippen molar-refractivity contribution in [3.8, 4) is 0 Å². The van der Waals surface area contributed by atoms with Gasteiger partial charge >= 0.3 is 0 Å². The molecule has 7 N–H and O–H groups in total. The Labute approximate surface area is 266 Å². The number of carbonyl (C=O) groups is 4. The molecule has 246 valence electrons. The molecular weight excluding hydrogens is 572 g/mol. The summed E-state index contributed by atoms with van der Waals surface area (Å²) < 4.78 is 0. The highest BCUT2D eigenvalue weighted by Crippen LogP contribution is 2.22. The van der Waals surface area contributed by atoms with Gasteiger partial charge in [0.25, 0.3) is 0 Å². The lowest BCUT2D eigenvalue weighted by Crippen LogP contribution is -2.59. The molecule has 0 saturated carbocycles. The zero-order valence-electron chi connectivity index (χ0n) is 26.7. The molecule has 0 radical (unpaired) electrons. The molecule has 11 nitrogen and oxygen atoms in total. The van der Waals surface area contributed by atoms with Crippen LogP contribution in [0.25, 0.3) is 0 Å². The molecule has 3 rings (SSSR count). The Balaban J connectivity index is 1.73. The standard InChI is InChI=1S/C34H50N6O5/c1-23(2)21-29(39-32(43)28(36-24(3)41)22-25-13-6-4-7-14-25)34(45)40-20-12-18-30(40)33(44)38-27(17-10-11-19-35)31(42)37-26-15-8-5-9-16-26/h4-9,13-16,23,27-30,32,39,43H,10-12,17-22,35H2,1-3H3,(H,36,41)(H,37,42)(H,38,44)/t27-,28-,29-,30-,32?/m0/s1. The van der Waals surface area contributed by atoms with E-state index in [1.165, 1.54) is 6.92 Å². The third kappa shape index (κ3) is 11.6. The molecule has 1 aliphatic rings. The number of para-hydroxylation sites is 1. The number of amides is 4. The zero-order chi connectivity index (χ0) is 32.8. The number of rotatable bonds is 17. The van der Waals surface area contributed by atoms with Crippen molar-refractivity contribution < 1.29 is 24.3 Å². The highest BCUT2D eigenvalue weighted by Gasteiger charge is 2.39. The smallest absolute Gasteiger partial charge is 0.246 e. The van der Waals surface area contributed by atoms with E-state index in [1.807, 2.05) is 62.4 Å². The average molecular weight is 623 g/mol. The van der Waals surface area contributed by atoms with Gasteiger partial charge in [0.2, 0.25) is 23.6 Å². The number of hydrogen-bond donors (Lipinski definition) is 6. The lowest BCUT2D eigenvalue weighted by molar-refractivity contribution is -0.141. The fourth-order valence-corrected chi connectivity index (χ4v) is 5.69. The van der Waals surface area contributed by atoms with E-state index in [1.54, 1.807) is 17.0 Å². The molecule has 1 heterocycles. The van der Waals surface area contributed by atoms with Gasteiger partial charge in [-0.15, -0.1) is 0 Å². The van der Waals surface area contributed by atoms with E-state index in [0.29, 0.717) is 63.7 Å². The van der Waals surface area contributed by atoms with Gasteiger partial charge in [0, 0.05) is 19.2 Å². The van der Waals surface area contributed by atoms with Crippen molar-refractivity contribution in [1.82, 2.24) is 20.9 Å². The Morgan fingerprint density at radius 2 is 1.62 bits per heavy atom. The summed E-state index contributed by atoms with van der Waals surface area (Å²) in [7, 11) is 0. The number of likely N-dealkylation sites (tertiary alicyclic amines) is 1. The molecule has 11 heteroatoms. The quantitative estimate of drug-likeness (QED) is 0.116. The van der Waals surface area contributed by atoms with Crippen molar-refractivity contribution in [2.45, 2.75) is 96.1 Å². The number of nitrogens with two attached hydrogens (primary N) is 1. The fourth-order valence-electron chi connectivity index (χ4n) is 5.69. The maximum Gasteiger partial charge on any atom is 0.246 e. The monoisotopic (exact) mass is 622 g/mol. The number of carbonyl (C=O) groups excluding carboxylic acids is 4. The Bertz CT molecular complexity index is 1230. The van der Waals surface area contributed by atoms with Gasteiger partial charge in [-0.2, -0.15) is 0 Å². The first-order valence-electron chi connectivity index (χ1n) is 16.0. The minimum Gasteiger partial charge on any atom is -0.376 e. The second-order valence-corrected chi connectivity index (χ2v) is 12.2. The second kappa shape index (κ2) is 18.2. The lowest BCUT2D eigenvalue weighted by atomic mass is 9.99. The molecule has 1 saturated heterocycles. The first-order valence-corrected chi connectivity index (χ1v) is 16.0. The molecular formula is C34H50N6O5. The Morgan fingerprint density at radius 1 is 0.956 bits per heavy atom. The third-order valence-corrected chi connectivity index (χ3v) is 7.91. The molecule has 0 aromatic heterocycles. The minimum absolute atomic E-state index is 0.107. The zero-order valence-corrected chi connectivity index (χ0v) is 26.7. The topological polar surface area (TPSA) is 166 Å². The van der Waals surface area contributed by atoms with Crippen molar-refractivity contribution in [3.05, 3.63) is 66.2 Å². The number of aliphatic hydroxyl groups excluding tert-OH is 1. The van der Waals surface area contributed by atoms with Crippen LogP contribution in [0.1, 0.15) is 64.9 Å². The van der Waals surface area contributed by atoms with Crippen molar-refractivity contribution in [3.63, 3.8) is 0 Å². The summed E-state index contributed by atoms with van der Waals surface area (Å²) >= 11 is 0. The lowest BCUT2D eigenvalue weighted by Gasteiger charge is -2.33. The van der Waals surface area contributed by atoms with E-state index in [-0.39, 0.29) is 29.5 Å². The largest absolute Gasteiger partial charge is 0.376 e. The summed E-state index contributed by atoms with van der Waals surface area (Å²) in [6, 6.07) is 15.5. The van der Waals surface area contributed by atoms with Crippen LogP contribution in [-0.4, -0.2) is 77.1 Å². The van der Waals surface area contributed by atoms with E-state index in [4.69, 9.17) is 5.73 Å². The van der Waals surface area contributed by atoms with Crippen molar-refractivity contribution >= 4 is 29.3 Å². The molecule has 0 spiro atoms. The predicted octanol–water partition coefficient (Wildman–Crippen LogP) is 2.30. The van der Waals surface area contributed by atoms with Crippen LogP contribution in [0.4, 0.5) is 5.69 Å². The van der Waals surface area contributed by atoms with Crippen molar-refractivity contribution in [2.75, 3.05) is 18.4 Å². The average Bonchev–Trinajstić information content (AvgIpc) is 3.50. The first kappa shape index (κ1) is 35.7. The molecule has 4 amide bonds. The molecule has 5 atom stereocenters. The van der Waals surface area contributed by atoms with Gasteiger partial charge in [-0.05, 0) is 75.1 Å². The van der Waals surface area contributed by atoms with E-state index < -0.39 is 30.4 Å². The van der Waals surface area contributed by atoms with E-state index in [0.717, 1.165) is 5.56 Å². The summed E-state index contributed by atoms with van der Waals surface area (Å²) in [5, 5.41) is 22.9. The van der Waals surface area contributed by atoms with Gasteiger partial charge in [0.1, 0.15) is 18.3 Å². The number of unbranched alkanes of at least 4 members (excludes halogenated alkanes) is 1. The fraction of sp³-hybridized carbons (Fsp3) is 0.529. The number of benzene rings is 2. The van der Waals surface area contributed by atoms with Crippen molar-refractivity contribution in [2.24, 2.45) is 11.7 Å². The van der Waals surface area contributed by atoms with Crippen LogP contribution in [0.2, 0.25) is 0 Å². The third-order valence-electron chi connectivity index (χ3n) is 7.91. The maximum atomic E-state index is 14.0.